The minimum Gasteiger partial charge on any atom is -0.493 e. The average molecular weight is 495 g/mol. The van der Waals surface area contributed by atoms with Crippen LogP contribution in [0.15, 0.2) is 53.7 Å². The lowest BCUT2D eigenvalue weighted by molar-refractivity contribution is -0.143. The molecule has 2 N–H and O–H groups in total. The van der Waals surface area contributed by atoms with E-state index >= 15 is 0 Å². The van der Waals surface area contributed by atoms with E-state index in [4.69, 9.17) is 14.2 Å². The molecule has 0 spiro atoms. The minimum atomic E-state index is -0.685. The van der Waals surface area contributed by atoms with Crippen LogP contribution in [0.1, 0.15) is 71.2 Å². The quantitative estimate of drug-likeness (QED) is 0.454. The van der Waals surface area contributed by atoms with Gasteiger partial charge in [0.05, 0.1) is 24.8 Å². The van der Waals surface area contributed by atoms with Crippen molar-refractivity contribution in [2.75, 3.05) is 7.11 Å². The van der Waals surface area contributed by atoms with Gasteiger partial charge in [-0.3, -0.25) is 0 Å². The first kappa shape index (κ1) is 27.1. The van der Waals surface area contributed by atoms with Crippen LogP contribution in [-0.2, 0) is 21.6 Å². The number of rotatable bonds is 8. The molecule has 0 fully saturated rings. The average Bonchev–Trinajstić information content (AvgIpc) is 2.81. The number of allylic oxidation sites excluding steroid dienone is 1. The lowest BCUT2D eigenvalue weighted by Gasteiger charge is -2.31. The number of methoxy groups -OCH3 is 1. The number of hydrogen-bond acceptors (Lipinski definition) is 5. The van der Waals surface area contributed by atoms with Crippen molar-refractivity contribution in [2.45, 2.75) is 72.6 Å². The van der Waals surface area contributed by atoms with Gasteiger partial charge in [-0.15, -0.1) is 0 Å². The summed E-state index contributed by atoms with van der Waals surface area (Å²) in [7, 11) is 1.56. The molecule has 1 aliphatic heterocycles. The van der Waals surface area contributed by atoms with E-state index in [1.165, 1.54) is 5.56 Å². The third-order valence-electron chi connectivity index (χ3n) is 5.98. The van der Waals surface area contributed by atoms with Crippen molar-refractivity contribution in [1.82, 2.24) is 10.6 Å². The fourth-order valence-corrected chi connectivity index (χ4v) is 4.04. The second kappa shape index (κ2) is 11.1. The second-order valence-electron chi connectivity index (χ2n) is 10.6. The molecule has 1 unspecified atom stereocenters. The first-order chi connectivity index (χ1) is 16.9. The van der Waals surface area contributed by atoms with Crippen LogP contribution in [0.4, 0.5) is 4.79 Å². The highest BCUT2D eigenvalue weighted by Crippen LogP contribution is 2.36. The van der Waals surface area contributed by atoms with E-state index < -0.39 is 12.0 Å². The van der Waals surface area contributed by atoms with Gasteiger partial charge in [0, 0.05) is 5.70 Å². The maximum Gasteiger partial charge on any atom is 0.338 e. The molecular formula is C29H38N2O5. The van der Waals surface area contributed by atoms with E-state index in [0.29, 0.717) is 34.9 Å². The molecule has 3 rings (SSSR count). The number of nitrogens with one attached hydrogen (secondary N) is 2. The second-order valence-corrected chi connectivity index (χ2v) is 10.6. The Morgan fingerprint density at radius 3 is 2.22 bits per heavy atom. The molecule has 0 aliphatic carbocycles. The number of amides is 2. The zero-order valence-corrected chi connectivity index (χ0v) is 22.5. The lowest BCUT2D eigenvalue weighted by Crippen LogP contribution is -2.47. The molecule has 0 saturated heterocycles. The number of hydrogen-bond donors (Lipinski definition) is 2. The van der Waals surface area contributed by atoms with Crippen LogP contribution in [-0.4, -0.2) is 25.2 Å². The predicted octanol–water partition coefficient (Wildman–Crippen LogP) is 5.79. The standard InChI is InChI=1S/C29H38N2O5/c1-17(2)25-24(27(32)36-18(3)4)26(31-28(33)30-25)20-11-14-22(23(15-20)34-8)35-16-19-9-12-21(13-10-19)29(5,6)7/h9-15,17-18,26H,16H2,1-8H3,(H2,30,31,33). The van der Waals surface area contributed by atoms with Crippen LogP contribution >= 0.6 is 0 Å². The normalized spacial score (nSPS) is 16.1. The Bertz CT molecular complexity index is 1130. The maximum atomic E-state index is 13.1. The summed E-state index contributed by atoms with van der Waals surface area (Å²) < 4.78 is 17.2. The van der Waals surface area contributed by atoms with Crippen molar-refractivity contribution >= 4 is 12.0 Å². The fraction of sp³-hybridized carbons (Fsp3) is 0.448. The highest BCUT2D eigenvalue weighted by atomic mass is 16.5. The van der Waals surface area contributed by atoms with Crippen LogP contribution in [0, 0.1) is 5.92 Å². The van der Waals surface area contributed by atoms with Gasteiger partial charge in [-0.05, 0) is 54.0 Å². The van der Waals surface area contributed by atoms with Gasteiger partial charge in [-0.25, -0.2) is 9.59 Å². The van der Waals surface area contributed by atoms with Crippen molar-refractivity contribution in [3.8, 4) is 11.5 Å². The smallest absolute Gasteiger partial charge is 0.338 e. The van der Waals surface area contributed by atoms with E-state index in [9.17, 15) is 9.59 Å². The van der Waals surface area contributed by atoms with Crippen molar-refractivity contribution in [2.24, 2.45) is 5.92 Å². The molecule has 7 nitrogen and oxygen atoms in total. The largest absolute Gasteiger partial charge is 0.493 e. The summed E-state index contributed by atoms with van der Waals surface area (Å²) in [4.78, 5) is 25.5. The Morgan fingerprint density at radius 2 is 1.67 bits per heavy atom. The first-order valence-corrected chi connectivity index (χ1v) is 12.3. The van der Waals surface area contributed by atoms with E-state index in [1.807, 2.05) is 19.9 Å². The maximum absolute atomic E-state index is 13.1. The van der Waals surface area contributed by atoms with Crippen LogP contribution < -0.4 is 20.1 Å². The van der Waals surface area contributed by atoms with Crippen molar-refractivity contribution in [3.63, 3.8) is 0 Å². The van der Waals surface area contributed by atoms with E-state index in [0.717, 1.165) is 5.56 Å². The summed E-state index contributed by atoms with van der Waals surface area (Å²) in [5.41, 5.74) is 4.02. The monoisotopic (exact) mass is 494 g/mol. The van der Waals surface area contributed by atoms with E-state index in [2.05, 4.69) is 55.7 Å². The fourth-order valence-electron chi connectivity index (χ4n) is 4.04. The Morgan fingerprint density at radius 1 is 1.00 bits per heavy atom. The summed E-state index contributed by atoms with van der Waals surface area (Å²) in [5.74, 6) is 0.529. The van der Waals surface area contributed by atoms with Crippen molar-refractivity contribution in [1.29, 1.82) is 0 Å². The molecule has 7 heteroatoms. The van der Waals surface area contributed by atoms with E-state index in [-0.39, 0.29) is 23.5 Å². The Balaban J connectivity index is 1.89. The van der Waals surface area contributed by atoms with Gasteiger partial charge < -0.3 is 24.8 Å². The summed E-state index contributed by atoms with van der Waals surface area (Å²) in [6.07, 6.45) is -0.292. The van der Waals surface area contributed by atoms with Gasteiger partial charge in [0.25, 0.3) is 0 Å². The van der Waals surface area contributed by atoms with Crippen LogP contribution in [0.3, 0.4) is 0 Å². The minimum absolute atomic E-state index is 0.0811. The molecule has 2 amide bonds. The SMILES string of the molecule is COc1cc(C2NC(=O)NC(C(C)C)=C2C(=O)OC(C)C)ccc1OCc1ccc(C(C)(C)C)cc1. The Kier molecular flexibility index (Phi) is 8.33. The topological polar surface area (TPSA) is 85.9 Å². The number of carbonyl (C=O) groups excluding carboxylic acids is 2. The molecule has 2 aromatic carbocycles. The molecular weight excluding hydrogens is 456 g/mol. The number of ether oxygens (including phenoxy) is 3. The number of esters is 1. The van der Waals surface area contributed by atoms with Crippen LogP contribution in [0.5, 0.6) is 11.5 Å². The Labute approximate surface area is 214 Å². The summed E-state index contributed by atoms with van der Waals surface area (Å²) >= 11 is 0. The van der Waals surface area contributed by atoms with Gasteiger partial charge in [-0.2, -0.15) is 0 Å². The zero-order chi connectivity index (χ0) is 26.6. The molecule has 1 heterocycles. The third-order valence-corrected chi connectivity index (χ3v) is 5.98. The van der Waals surface area contributed by atoms with Gasteiger partial charge in [0.1, 0.15) is 6.61 Å². The summed E-state index contributed by atoms with van der Waals surface area (Å²) in [6, 6.07) is 12.7. The van der Waals surface area contributed by atoms with Gasteiger partial charge >= 0.3 is 12.0 Å². The van der Waals surface area contributed by atoms with Crippen molar-refractivity contribution in [3.05, 3.63) is 70.4 Å². The highest BCUT2D eigenvalue weighted by Gasteiger charge is 2.35. The molecule has 2 aromatic rings. The van der Waals surface area contributed by atoms with Crippen LogP contribution in [0.2, 0.25) is 0 Å². The summed E-state index contributed by atoms with van der Waals surface area (Å²) in [6.45, 7) is 14.4. The number of carbonyl (C=O) groups is 2. The molecule has 1 atom stereocenters. The first-order valence-electron chi connectivity index (χ1n) is 12.3. The highest BCUT2D eigenvalue weighted by molar-refractivity contribution is 5.95. The molecule has 0 bridgehead atoms. The van der Waals surface area contributed by atoms with Gasteiger partial charge in [0.2, 0.25) is 0 Å². The molecule has 0 radical (unpaired) electrons. The van der Waals surface area contributed by atoms with Gasteiger partial charge in [0.15, 0.2) is 11.5 Å². The number of urea groups is 1. The predicted molar refractivity (Wildman–Crippen MR) is 140 cm³/mol. The van der Waals surface area contributed by atoms with Crippen molar-refractivity contribution < 1.29 is 23.8 Å². The number of benzene rings is 2. The Hall–Kier alpha value is -3.48. The molecule has 194 valence electrons. The molecule has 1 aliphatic rings. The molecule has 36 heavy (non-hydrogen) atoms. The lowest BCUT2D eigenvalue weighted by atomic mass is 9.87. The zero-order valence-electron chi connectivity index (χ0n) is 22.5. The third kappa shape index (κ3) is 6.39. The van der Waals surface area contributed by atoms with Crippen LogP contribution in [0.25, 0.3) is 0 Å². The van der Waals surface area contributed by atoms with Gasteiger partial charge in [-0.1, -0.05) is 65.0 Å². The molecule has 0 aromatic heterocycles. The molecule has 0 saturated carbocycles. The summed E-state index contributed by atoms with van der Waals surface area (Å²) in [5, 5.41) is 5.65. The van der Waals surface area contributed by atoms with E-state index in [1.54, 1.807) is 33.1 Å².